The molecule has 1 heterocycles. The van der Waals surface area contributed by atoms with Crippen molar-refractivity contribution in [2.24, 2.45) is 0 Å². The number of carbonyl (C=O) groups is 2. The standard InChI is InChI=1S/C13H11ClN2O4/c1-7-9(6-15-20-7)12(17)16-11(13(18)19)8-4-2-3-5-10(8)14/h2-6,11H,1H3,(H,16,17)(H,18,19)/t11-/m1/s1. The average molecular weight is 295 g/mol. The topological polar surface area (TPSA) is 92.4 Å². The second-order valence-corrected chi connectivity index (χ2v) is 4.47. The second kappa shape index (κ2) is 5.75. The highest BCUT2D eigenvalue weighted by atomic mass is 35.5. The summed E-state index contributed by atoms with van der Waals surface area (Å²) < 4.78 is 4.77. The van der Waals surface area contributed by atoms with Gasteiger partial charge in [0, 0.05) is 10.6 Å². The van der Waals surface area contributed by atoms with E-state index in [1.165, 1.54) is 6.20 Å². The van der Waals surface area contributed by atoms with Crippen LogP contribution in [0.25, 0.3) is 0 Å². The molecule has 0 saturated heterocycles. The quantitative estimate of drug-likeness (QED) is 0.901. The number of nitrogens with zero attached hydrogens (tertiary/aromatic N) is 1. The molecule has 0 saturated carbocycles. The Balaban J connectivity index is 2.28. The number of carbonyl (C=O) groups excluding carboxylic acids is 1. The van der Waals surface area contributed by atoms with E-state index in [-0.39, 0.29) is 10.6 Å². The van der Waals surface area contributed by atoms with Gasteiger partial charge in [-0.3, -0.25) is 4.79 Å². The lowest BCUT2D eigenvalue weighted by Gasteiger charge is -2.15. The van der Waals surface area contributed by atoms with E-state index in [0.29, 0.717) is 11.3 Å². The Morgan fingerprint density at radius 2 is 2.10 bits per heavy atom. The van der Waals surface area contributed by atoms with E-state index in [1.54, 1.807) is 31.2 Å². The van der Waals surface area contributed by atoms with Crippen molar-refractivity contribution in [1.29, 1.82) is 0 Å². The molecule has 1 atom stereocenters. The van der Waals surface area contributed by atoms with E-state index in [2.05, 4.69) is 10.5 Å². The zero-order chi connectivity index (χ0) is 14.7. The van der Waals surface area contributed by atoms with Crippen molar-refractivity contribution >= 4 is 23.5 Å². The first-order valence-corrected chi connectivity index (χ1v) is 6.08. The number of aromatic nitrogens is 1. The van der Waals surface area contributed by atoms with Gasteiger partial charge in [0.05, 0.1) is 6.20 Å². The van der Waals surface area contributed by atoms with E-state index >= 15 is 0 Å². The van der Waals surface area contributed by atoms with Gasteiger partial charge in [-0.1, -0.05) is 35.0 Å². The van der Waals surface area contributed by atoms with Crippen LogP contribution >= 0.6 is 11.6 Å². The van der Waals surface area contributed by atoms with Crippen molar-refractivity contribution in [3.05, 3.63) is 52.4 Å². The summed E-state index contributed by atoms with van der Waals surface area (Å²) in [7, 11) is 0. The van der Waals surface area contributed by atoms with Crippen molar-refractivity contribution in [1.82, 2.24) is 10.5 Å². The van der Waals surface area contributed by atoms with E-state index in [4.69, 9.17) is 16.1 Å². The third-order valence-corrected chi connectivity index (χ3v) is 3.08. The van der Waals surface area contributed by atoms with Gasteiger partial charge in [0.15, 0.2) is 6.04 Å². The Hall–Kier alpha value is -2.34. The molecule has 7 heteroatoms. The van der Waals surface area contributed by atoms with E-state index < -0.39 is 17.9 Å². The Morgan fingerprint density at radius 1 is 1.40 bits per heavy atom. The summed E-state index contributed by atoms with van der Waals surface area (Å²) in [5.41, 5.74) is 0.493. The van der Waals surface area contributed by atoms with Crippen LogP contribution in [0.4, 0.5) is 0 Å². The summed E-state index contributed by atoms with van der Waals surface area (Å²) in [6, 6.07) is 5.18. The Morgan fingerprint density at radius 3 is 2.65 bits per heavy atom. The van der Waals surface area contributed by atoms with Crippen molar-refractivity contribution in [3.63, 3.8) is 0 Å². The molecular weight excluding hydrogens is 284 g/mol. The van der Waals surface area contributed by atoms with Gasteiger partial charge in [-0.05, 0) is 13.0 Å². The Bertz CT molecular complexity index is 653. The van der Waals surface area contributed by atoms with Gasteiger partial charge in [0.1, 0.15) is 11.3 Å². The Kier molecular flexibility index (Phi) is 4.05. The molecule has 6 nitrogen and oxygen atoms in total. The number of aryl methyl sites for hydroxylation is 1. The summed E-state index contributed by atoms with van der Waals surface area (Å²) in [5, 5.41) is 15.4. The van der Waals surface area contributed by atoms with Crippen LogP contribution in [0.2, 0.25) is 5.02 Å². The molecule has 0 aliphatic carbocycles. The lowest BCUT2D eigenvalue weighted by Crippen LogP contribution is -2.34. The number of hydrogen-bond donors (Lipinski definition) is 2. The van der Waals surface area contributed by atoms with Crippen LogP contribution in [-0.2, 0) is 4.79 Å². The molecule has 2 N–H and O–H groups in total. The van der Waals surface area contributed by atoms with Gasteiger partial charge in [-0.15, -0.1) is 0 Å². The Labute approximate surface area is 119 Å². The first kappa shape index (κ1) is 14.1. The second-order valence-electron chi connectivity index (χ2n) is 4.06. The summed E-state index contributed by atoms with van der Waals surface area (Å²) in [6.45, 7) is 1.56. The smallest absolute Gasteiger partial charge is 0.330 e. The first-order valence-electron chi connectivity index (χ1n) is 5.70. The highest BCUT2D eigenvalue weighted by Crippen LogP contribution is 2.23. The van der Waals surface area contributed by atoms with Crippen molar-refractivity contribution in [3.8, 4) is 0 Å². The number of aliphatic carboxylic acids is 1. The van der Waals surface area contributed by atoms with Crippen LogP contribution in [0, 0.1) is 6.92 Å². The largest absolute Gasteiger partial charge is 0.479 e. The summed E-state index contributed by atoms with van der Waals surface area (Å²) >= 11 is 5.96. The summed E-state index contributed by atoms with van der Waals surface area (Å²) in [5.74, 6) is -1.48. The fourth-order valence-electron chi connectivity index (χ4n) is 1.71. The van der Waals surface area contributed by atoms with Crippen molar-refractivity contribution < 1.29 is 19.2 Å². The number of nitrogens with one attached hydrogen (secondary N) is 1. The molecule has 0 fully saturated rings. The maximum Gasteiger partial charge on any atom is 0.330 e. The highest BCUT2D eigenvalue weighted by molar-refractivity contribution is 6.31. The van der Waals surface area contributed by atoms with Gasteiger partial charge in [0.25, 0.3) is 5.91 Å². The number of rotatable bonds is 4. The highest BCUT2D eigenvalue weighted by Gasteiger charge is 2.26. The minimum absolute atomic E-state index is 0.184. The number of amides is 1. The number of benzene rings is 1. The lowest BCUT2D eigenvalue weighted by molar-refractivity contribution is -0.139. The van der Waals surface area contributed by atoms with E-state index in [0.717, 1.165) is 0 Å². The molecule has 0 aliphatic heterocycles. The zero-order valence-electron chi connectivity index (χ0n) is 10.5. The van der Waals surface area contributed by atoms with Crippen molar-refractivity contribution in [2.75, 3.05) is 0 Å². The maximum absolute atomic E-state index is 12.0. The maximum atomic E-state index is 12.0. The number of carboxylic acid groups (broad SMARTS) is 1. The molecule has 2 aromatic rings. The van der Waals surface area contributed by atoms with Gasteiger partial charge in [-0.25, -0.2) is 4.79 Å². The zero-order valence-corrected chi connectivity index (χ0v) is 11.2. The molecule has 0 spiro atoms. The van der Waals surface area contributed by atoms with Crippen LogP contribution in [-0.4, -0.2) is 22.1 Å². The van der Waals surface area contributed by atoms with Gasteiger partial charge in [-0.2, -0.15) is 0 Å². The fourth-order valence-corrected chi connectivity index (χ4v) is 1.95. The number of hydrogen-bond acceptors (Lipinski definition) is 4. The molecule has 1 amide bonds. The van der Waals surface area contributed by atoms with E-state index in [9.17, 15) is 14.7 Å². The SMILES string of the molecule is Cc1oncc1C(=O)N[C@@H](C(=O)O)c1ccccc1Cl. The minimum atomic E-state index is -1.24. The molecule has 1 aromatic carbocycles. The van der Waals surface area contributed by atoms with Crippen LogP contribution in [0.3, 0.4) is 0 Å². The van der Waals surface area contributed by atoms with Gasteiger partial charge < -0.3 is 14.9 Å². The molecule has 1 aromatic heterocycles. The van der Waals surface area contributed by atoms with Crippen LogP contribution in [0.5, 0.6) is 0 Å². The summed E-state index contributed by atoms with van der Waals surface area (Å²) in [6.07, 6.45) is 1.23. The molecule has 0 aliphatic rings. The summed E-state index contributed by atoms with van der Waals surface area (Å²) in [4.78, 5) is 23.3. The number of halogens is 1. The van der Waals surface area contributed by atoms with Crippen LogP contribution < -0.4 is 5.32 Å². The molecule has 104 valence electrons. The minimum Gasteiger partial charge on any atom is -0.479 e. The monoisotopic (exact) mass is 294 g/mol. The normalized spacial score (nSPS) is 11.9. The molecule has 0 unspecified atom stereocenters. The van der Waals surface area contributed by atoms with E-state index in [1.807, 2.05) is 0 Å². The third-order valence-electron chi connectivity index (χ3n) is 2.73. The molecule has 0 radical (unpaired) electrons. The number of carboxylic acids is 1. The molecular formula is C13H11ClN2O4. The first-order chi connectivity index (χ1) is 9.50. The lowest BCUT2D eigenvalue weighted by atomic mass is 10.1. The molecule has 0 bridgehead atoms. The van der Waals surface area contributed by atoms with Gasteiger partial charge in [0.2, 0.25) is 0 Å². The predicted molar refractivity (Wildman–Crippen MR) is 70.5 cm³/mol. The van der Waals surface area contributed by atoms with Gasteiger partial charge >= 0.3 is 5.97 Å². The molecule has 2 rings (SSSR count). The van der Waals surface area contributed by atoms with Crippen LogP contribution in [0.15, 0.2) is 35.0 Å². The fraction of sp³-hybridized carbons (Fsp3) is 0.154. The molecule has 20 heavy (non-hydrogen) atoms. The van der Waals surface area contributed by atoms with Crippen LogP contribution in [0.1, 0.15) is 27.7 Å². The predicted octanol–water partition coefficient (Wildman–Crippen LogP) is 2.19. The average Bonchev–Trinajstić information content (AvgIpc) is 2.83. The third kappa shape index (κ3) is 2.80. The van der Waals surface area contributed by atoms with Crippen molar-refractivity contribution in [2.45, 2.75) is 13.0 Å².